The van der Waals surface area contributed by atoms with Gasteiger partial charge >= 0.3 is 5.97 Å². The van der Waals surface area contributed by atoms with Crippen molar-refractivity contribution in [2.75, 3.05) is 46.4 Å². The number of aliphatic imine (C=N–C) groups is 1. The van der Waals surface area contributed by atoms with E-state index in [0.29, 0.717) is 41.8 Å². The van der Waals surface area contributed by atoms with Gasteiger partial charge < -0.3 is 24.7 Å². The number of halogens is 1. The van der Waals surface area contributed by atoms with Crippen LogP contribution < -0.4 is 10.5 Å². The first-order valence-electron chi connectivity index (χ1n) is 16.7. The van der Waals surface area contributed by atoms with Gasteiger partial charge in [-0.15, -0.1) is 0 Å². The topological polar surface area (TPSA) is 82.1 Å². The molecule has 2 aliphatic rings. The number of ether oxygens (including phenoxy) is 2. The van der Waals surface area contributed by atoms with Crippen molar-refractivity contribution in [1.82, 2.24) is 9.47 Å². The van der Waals surface area contributed by atoms with Gasteiger partial charge in [-0.3, -0.25) is 4.99 Å². The van der Waals surface area contributed by atoms with Crippen LogP contribution in [0.5, 0.6) is 5.75 Å². The summed E-state index contributed by atoms with van der Waals surface area (Å²) in [6.07, 6.45) is 14.6. The van der Waals surface area contributed by atoms with E-state index in [1.54, 1.807) is 11.8 Å². The second kappa shape index (κ2) is 17.7. The zero-order valence-electron chi connectivity index (χ0n) is 29.5. The number of hydrogen-bond acceptors (Lipinski definition) is 7. The van der Waals surface area contributed by atoms with Gasteiger partial charge in [0.15, 0.2) is 0 Å². The van der Waals surface area contributed by atoms with Crippen LogP contribution in [0.25, 0.3) is 6.08 Å². The van der Waals surface area contributed by atoms with Gasteiger partial charge in [-0.1, -0.05) is 24.2 Å². The minimum Gasteiger partial charge on any atom is -0.493 e. The van der Waals surface area contributed by atoms with E-state index < -0.39 is 0 Å². The highest BCUT2D eigenvalue weighted by Crippen LogP contribution is 2.32. The lowest BCUT2D eigenvalue weighted by Gasteiger charge is -2.21. The number of benzene rings is 1. The predicted molar refractivity (Wildman–Crippen MR) is 203 cm³/mol. The van der Waals surface area contributed by atoms with Crippen LogP contribution in [0.4, 0.5) is 0 Å². The maximum absolute atomic E-state index is 12.9. The Balaban J connectivity index is 1.73. The predicted octanol–water partition coefficient (Wildman–Crippen LogP) is 8.05. The molecule has 2 N–H and O–H groups in total. The number of nitrogens with zero attached hydrogens (tertiary/aromatic N) is 3. The van der Waals surface area contributed by atoms with E-state index in [1.165, 1.54) is 36.6 Å². The highest BCUT2D eigenvalue weighted by Gasteiger charge is 2.20. The molecule has 7 nitrogen and oxygen atoms in total. The number of esters is 1. The van der Waals surface area contributed by atoms with Crippen molar-refractivity contribution < 1.29 is 14.3 Å². The molecule has 0 fully saturated rings. The third-order valence-electron chi connectivity index (χ3n) is 8.96. The fraction of sp³-hybridized carbons (Fsp3) is 0.436. The Morgan fingerprint density at radius 1 is 1.08 bits per heavy atom. The van der Waals surface area contributed by atoms with E-state index in [0.717, 1.165) is 70.9 Å². The van der Waals surface area contributed by atoms with Crippen LogP contribution in [0.15, 0.2) is 75.6 Å². The summed E-state index contributed by atoms with van der Waals surface area (Å²) in [4.78, 5) is 19.5. The van der Waals surface area contributed by atoms with Crippen molar-refractivity contribution in [2.24, 2.45) is 10.7 Å². The molecule has 0 saturated heterocycles. The van der Waals surface area contributed by atoms with Crippen molar-refractivity contribution in [2.45, 2.75) is 65.3 Å². The summed E-state index contributed by atoms with van der Waals surface area (Å²) in [6.45, 7) is 9.51. The molecule has 2 heterocycles. The molecule has 1 aromatic heterocycles. The van der Waals surface area contributed by atoms with Crippen LogP contribution in [0.1, 0.15) is 71.0 Å². The van der Waals surface area contributed by atoms with Crippen LogP contribution in [0.2, 0.25) is 0 Å². The van der Waals surface area contributed by atoms with Gasteiger partial charge in [0, 0.05) is 67.0 Å². The van der Waals surface area contributed by atoms with Crippen molar-refractivity contribution >= 4 is 41.1 Å². The molecule has 0 saturated carbocycles. The molecule has 2 bridgehead atoms. The molecule has 9 heteroatoms. The van der Waals surface area contributed by atoms with E-state index in [2.05, 4.69) is 35.5 Å². The number of fused-ring (bicyclic) bond motifs is 5. The van der Waals surface area contributed by atoms with Crippen molar-refractivity contribution in [3.05, 3.63) is 104 Å². The second-order valence-corrected chi connectivity index (χ2v) is 14.1. The van der Waals surface area contributed by atoms with Gasteiger partial charge in [-0.25, -0.2) is 4.79 Å². The number of aryl methyl sites for hydroxylation is 3. The lowest BCUT2D eigenvalue weighted by molar-refractivity contribution is 0.0587. The molecule has 1 aliphatic carbocycles. The Labute approximate surface area is 296 Å². The molecule has 0 unspecified atom stereocenters. The quantitative estimate of drug-likeness (QED) is 0.321. The Morgan fingerprint density at radius 2 is 1.85 bits per heavy atom. The maximum Gasteiger partial charge on any atom is 0.354 e. The molecule has 48 heavy (non-hydrogen) atoms. The molecule has 0 spiro atoms. The molecule has 4 rings (SSSR count). The number of aromatic nitrogens is 1. The van der Waals surface area contributed by atoms with Gasteiger partial charge in [0.2, 0.25) is 0 Å². The molecule has 0 amide bonds. The first kappa shape index (κ1) is 37.2. The smallest absolute Gasteiger partial charge is 0.354 e. The third-order valence-corrected chi connectivity index (χ3v) is 10.3. The zero-order valence-corrected chi connectivity index (χ0v) is 31.0. The van der Waals surface area contributed by atoms with Gasteiger partial charge in [0.1, 0.15) is 11.4 Å². The van der Waals surface area contributed by atoms with Gasteiger partial charge in [0.05, 0.1) is 13.7 Å². The van der Waals surface area contributed by atoms with Gasteiger partial charge in [-0.05, 0) is 129 Å². The molecule has 0 radical (unpaired) electrons. The number of carbonyl (C=O) groups is 1. The SMILES string of the molecule is C=C1CSCC(N)=CC(=NC)CCc2cc3c(c(c2)OCCCn2c(cc(C)c2C(=O)OC)\C=C/C(Cl)=C/C1=C(\C)N(C)C)CCCC3. The Kier molecular flexibility index (Phi) is 13.7. The molecule has 1 aromatic carbocycles. The summed E-state index contributed by atoms with van der Waals surface area (Å²) >= 11 is 8.57. The average molecular weight is 691 g/mol. The Bertz CT molecular complexity index is 1660. The summed E-state index contributed by atoms with van der Waals surface area (Å²) in [5.74, 6) is 1.98. The van der Waals surface area contributed by atoms with Crippen LogP contribution in [-0.2, 0) is 30.5 Å². The van der Waals surface area contributed by atoms with Crippen LogP contribution in [0, 0.1) is 6.92 Å². The van der Waals surface area contributed by atoms with E-state index in [4.69, 9.17) is 26.8 Å². The molecular weight excluding hydrogens is 640 g/mol. The monoisotopic (exact) mass is 690 g/mol. The summed E-state index contributed by atoms with van der Waals surface area (Å²) in [5.41, 5.74) is 17.5. The summed E-state index contributed by atoms with van der Waals surface area (Å²) in [6, 6.07) is 6.57. The molecule has 0 atom stereocenters. The second-order valence-electron chi connectivity index (χ2n) is 12.7. The van der Waals surface area contributed by atoms with Crippen LogP contribution >= 0.6 is 23.4 Å². The van der Waals surface area contributed by atoms with Crippen molar-refractivity contribution in [3.63, 3.8) is 0 Å². The molecule has 2 aromatic rings. The highest BCUT2D eigenvalue weighted by molar-refractivity contribution is 7.99. The third kappa shape index (κ3) is 9.73. The van der Waals surface area contributed by atoms with Crippen molar-refractivity contribution in [1.29, 1.82) is 0 Å². The zero-order chi connectivity index (χ0) is 34.8. The minimum atomic E-state index is -0.362. The fourth-order valence-corrected chi connectivity index (χ4v) is 7.22. The van der Waals surface area contributed by atoms with Crippen molar-refractivity contribution in [3.8, 4) is 5.75 Å². The average Bonchev–Trinajstić information content (AvgIpc) is 3.39. The Hall–Kier alpha value is -3.62. The largest absolute Gasteiger partial charge is 0.493 e. The number of methoxy groups -OCH3 is 1. The first-order valence-corrected chi connectivity index (χ1v) is 18.2. The Morgan fingerprint density at radius 3 is 2.58 bits per heavy atom. The summed E-state index contributed by atoms with van der Waals surface area (Å²) < 4.78 is 13.7. The summed E-state index contributed by atoms with van der Waals surface area (Å²) in [5, 5.41) is 0.553. The number of rotatable bonds is 2. The standard InChI is InChI=1S/C39H51ClN4O3S/c1-26-19-34-16-14-31(40)22-36(28(3)43(5)6)27(2)24-48-25-32(41)23-33(42-4)15-13-29-20-30-11-8-9-12-35(30)37(21-29)47-18-10-17-44(34)38(26)39(45)46-7/h14,16,19-23H,2,8-13,15,17-18,24-25,41H2,1,3-7H3/b16-14-,31-22-,32-23?,36-28-,42-33?. The maximum atomic E-state index is 12.9. The molecule has 1 aliphatic heterocycles. The lowest BCUT2D eigenvalue weighted by atomic mass is 9.88. The first-order chi connectivity index (χ1) is 23.0. The fourth-order valence-electron chi connectivity index (χ4n) is 6.23. The number of carbonyl (C=O) groups excluding carboxylic acids is 1. The number of nitrogens with two attached hydrogens (primary N) is 1. The van der Waals surface area contributed by atoms with E-state index in [9.17, 15) is 4.79 Å². The number of thioether (sulfide) groups is 1. The van der Waals surface area contributed by atoms with Gasteiger partial charge in [-0.2, -0.15) is 11.8 Å². The normalized spacial score (nSPS) is 20.7. The lowest BCUT2D eigenvalue weighted by Crippen LogP contribution is -2.15. The van der Waals surface area contributed by atoms with E-state index in [1.807, 2.05) is 63.0 Å². The highest BCUT2D eigenvalue weighted by atomic mass is 35.5. The number of allylic oxidation sites excluding steroid dienone is 6. The molecular formula is C39H51ClN4O3S. The van der Waals surface area contributed by atoms with E-state index in [-0.39, 0.29) is 5.97 Å². The van der Waals surface area contributed by atoms with Crippen LogP contribution in [-0.4, -0.2) is 67.5 Å². The van der Waals surface area contributed by atoms with Gasteiger partial charge in [0.25, 0.3) is 0 Å². The van der Waals surface area contributed by atoms with Crippen LogP contribution in [0.3, 0.4) is 0 Å². The minimum absolute atomic E-state index is 0.362. The summed E-state index contributed by atoms with van der Waals surface area (Å²) in [7, 11) is 7.27. The van der Waals surface area contributed by atoms with E-state index >= 15 is 0 Å². The molecule has 258 valence electrons. The number of hydrogen-bond donors (Lipinski definition) is 1.